The molecular weight excluding hydrogens is 470 g/mol. The fraction of sp³-hybridized carbons (Fsp3) is 0.733. The highest BCUT2D eigenvalue weighted by Gasteiger charge is 2.28. The predicted octanol–water partition coefficient (Wildman–Crippen LogP) is 7.36. The molecule has 1 aromatic rings. The highest BCUT2D eigenvalue weighted by Crippen LogP contribution is 2.40. The number of hydrogen-bond donors (Lipinski definition) is 3. The first-order chi connectivity index (χ1) is 16.8. The van der Waals surface area contributed by atoms with Gasteiger partial charge in [-0.25, -0.2) is 4.79 Å². The van der Waals surface area contributed by atoms with Crippen molar-refractivity contribution in [2.24, 2.45) is 0 Å². The SMILES string of the molecule is CCSCCCCCCCCCCC(=O)NC(Cc1cc(C(C)(C)C)c(O)c(C(C)(C)C)c1)C(=O)O. The molecule has 3 N–H and O–H groups in total. The summed E-state index contributed by atoms with van der Waals surface area (Å²) in [6.45, 7) is 14.4. The van der Waals surface area contributed by atoms with Crippen LogP contribution in [-0.2, 0) is 26.8 Å². The lowest BCUT2D eigenvalue weighted by Crippen LogP contribution is -2.42. The molecule has 0 aliphatic heterocycles. The van der Waals surface area contributed by atoms with Gasteiger partial charge in [0, 0.05) is 12.8 Å². The minimum Gasteiger partial charge on any atom is -0.507 e. The van der Waals surface area contributed by atoms with Crippen LogP contribution in [0, 0.1) is 0 Å². The Labute approximate surface area is 224 Å². The molecule has 0 radical (unpaired) electrons. The van der Waals surface area contributed by atoms with Gasteiger partial charge in [0.1, 0.15) is 11.8 Å². The van der Waals surface area contributed by atoms with Crippen LogP contribution >= 0.6 is 11.8 Å². The van der Waals surface area contributed by atoms with Crippen LogP contribution in [0.25, 0.3) is 0 Å². The number of carboxylic acids is 1. The van der Waals surface area contributed by atoms with Crippen LogP contribution < -0.4 is 5.32 Å². The molecule has 0 saturated carbocycles. The van der Waals surface area contributed by atoms with Crippen LogP contribution in [0.1, 0.15) is 123 Å². The largest absolute Gasteiger partial charge is 0.507 e. The molecule has 5 nitrogen and oxygen atoms in total. The summed E-state index contributed by atoms with van der Waals surface area (Å²) in [6.07, 6.45) is 9.80. The maximum Gasteiger partial charge on any atom is 0.326 e. The first-order valence-corrected chi connectivity index (χ1v) is 14.9. The van der Waals surface area contributed by atoms with Gasteiger partial charge >= 0.3 is 5.97 Å². The van der Waals surface area contributed by atoms with Gasteiger partial charge in [0.25, 0.3) is 0 Å². The molecule has 0 heterocycles. The number of phenols is 1. The summed E-state index contributed by atoms with van der Waals surface area (Å²) in [5, 5.41) is 23.4. The number of phenolic OH excluding ortho intramolecular Hbond substituents is 1. The summed E-state index contributed by atoms with van der Waals surface area (Å²) in [5.41, 5.74) is 1.80. The molecule has 36 heavy (non-hydrogen) atoms. The van der Waals surface area contributed by atoms with Gasteiger partial charge in [-0.15, -0.1) is 0 Å². The zero-order valence-corrected chi connectivity index (χ0v) is 24.7. The Morgan fingerprint density at radius 1 is 0.861 bits per heavy atom. The Morgan fingerprint density at radius 3 is 1.78 bits per heavy atom. The molecule has 0 bridgehead atoms. The van der Waals surface area contributed by atoms with E-state index < -0.39 is 12.0 Å². The van der Waals surface area contributed by atoms with Gasteiger partial charge in [-0.2, -0.15) is 11.8 Å². The van der Waals surface area contributed by atoms with E-state index in [1.54, 1.807) is 0 Å². The summed E-state index contributed by atoms with van der Waals surface area (Å²) in [6, 6.07) is 2.78. The Kier molecular flexibility index (Phi) is 14.0. The van der Waals surface area contributed by atoms with Gasteiger partial charge in [-0.3, -0.25) is 4.79 Å². The van der Waals surface area contributed by atoms with Crippen LogP contribution in [-0.4, -0.2) is 39.6 Å². The topological polar surface area (TPSA) is 86.6 Å². The maximum atomic E-state index is 12.5. The average molecular weight is 522 g/mol. The van der Waals surface area contributed by atoms with Crippen LogP contribution in [0.4, 0.5) is 0 Å². The number of rotatable bonds is 16. The van der Waals surface area contributed by atoms with E-state index in [0.717, 1.165) is 36.0 Å². The van der Waals surface area contributed by atoms with E-state index in [-0.39, 0.29) is 28.9 Å². The Hall–Kier alpha value is -1.69. The molecule has 0 spiro atoms. The second kappa shape index (κ2) is 15.5. The quantitative estimate of drug-likeness (QED) is 0.198. The molecule has 0 aliphatic rings. The highest BCUT2D eigenvalue weighted by molar-refractivity contribution is 7.99. The number of thioether (sulfide) groups is 1. The molecule has 1 aromatic carbocycles. The molecule has 206 valence electrons. The Bertz CT molecular complexity index is 788. The summed E-state index contributed by atoms with van der Waals surface area (Å²) in [5.74, 6) is 1.49. The lowest BCUT2D eigenvalue weighted by atomic mass is 9.78. The fourth-order valence-electron chi connectivity index (χ4n) is 4.35. The van der Waals surface area contributed by atoms with Crippen LogP contribution in [0.5, 0.6) is 5.75 Å². The van der Waals surface area contributed by atoms with E-state index in [0.29, 0.717) is 6.42 Å². The lowest BCUT2D eigenvalue weighted by Gasteiger charge is -2.28. The van der Waals surface area contributed by atoms with Gasteiger partial charge < -0.3 is 15.5 Å². The van der Waals surface area contributed by atoms with Crippen molar-refractivity contribution in [2.75, 3.05) is 11.5 Å². The molecule has 1 unspecified atom stereocenters. The first kappa shape index (κ1) is 32.3. The Morgan fingerprint density at radius 2 is 1.33 bits per heavy atom. The minimum atomic E-state index is -1.04. The van der Waals surface area contributed by atoms with Crippen LogP contribution in [0.3, 0.4) is 0 Å². The predicted molar refractivity (Wildman–Crippen MR) is 153 cm³/mol. The molecular formula is C30H51NO4S. The number of amides is 1. The average Bonchev–Trinajstić information content (AvgIpc) is 2.76. The number of carboxylic acid groups (broad SMARTS) is 1. The molecule has 0 aliphatic carbocycles. The number of nitrogens with one attached hydrogen (secondary N) is 1. The van der Waals surface area contributed by atoms with Gasteiger partial charge in [0.05, 0.1) is 0 Å². The third-order valence-electron chi connectivity index (χ3n) is 6.51. The smallest absolute Gasteiger partial charge is 0.326 e. The molecule has 6 heteroatoms. The van der Waals surface area contributed by atoms with Crippen molar-refractivity contribution in [2.45, 2.75) is 130 Å². The van der Waals surface area contributed by atoms with E-state index in [4.69, 9.17) is 0 Å². The van der Waals surface area contributed by atoms with Crippen molar-refractivity contribution >= 4 is 23.6 Å². The van der Waals surface area contributed by atoms with Crippen molar-refractivity contribution in [1.29, 1.82) is 0 Å². The molecule has 1 atom stereocenters. The maximum absolute atomic E-state index is 12.5. The number of carbonyl (C=O) groups is 2. The van der Waals surface area contributed by atoms with Crippen LogP contribution in [0.15, 0.2) is 12.1 Å². The van der Waals surface area contributed by atoms with E-state index in [9.17, 15) is 19.8 Å². The van der Waals surface area contributed by atoms with Gasteiger partial charge in [0.2, 0.25) is 5.91 Å². The second-order valence-corrected chi connectivity index (χ2v) is 13.4. The monoisotopic (exact) mass is 521 g/mol. The standard InChI is InChI=1S/C30H51NO4S/c1-8-36-18-16-14-12-10-9-11-13-15-17-26(32)31-25(28(34)35)21-22-19-23(29(2,3)4)27(33)24(20-22)30(5,6)7/h19-20,25,33H,8-18,21H2,1-7H3,(H,31,32)(H,34,35). The van der Waals surface area contributed by atoms with Crippen LogP contribution in [0.2, 0.25) is 0 Å². The van der Waals surface area contributed by atoms with Crippen molar-refractivity contribution in [1.82, 2.24) is 5.32 Å². The van der Waals surface area contributed by atoms with E-state index in [2.05, 4.69) is 12.2 Å². The second-order valence-electron chi connectivity index (χ2n) is 12.0. The number of aliphatic carboxylic acids is 1. The zero-order chi connectivity index (χ0) is 27.4. The minimum absolute atomic E-state index is 0.185. The highest BCUT2D eigenvalue weighted by atomic mass is 32.2. The van der Waals surface area contributed by atoms with Crippen molar-refractivity contribution in [3.05, 3.63) is 28.8 Å². The summed E-state index contributed by atoms with van der Waals surface area (Å²) < 4.78 is 0. The normalized spacial score (nSPS) is 13.0. The molecule has 0 fully saturated rings. The van der Waals surface area contributed by atoms with Crippen molar-refractivity contribution < 1.29 is 19.8 Å². The van der Waals surface area contributed by atoms with Crippen molar-refractivity contribution in [3.63, 3.8) is 0 Å². The van der Waals surface area contributed by atoms with Crippen molar-refractivity contribution in [3.8, 4) is 5.75 Å². The van der Waals surface area contributed by atoms with Gasteiger partial charge in [0.15, 0.2) is 0 Å². The van der Waals surface area contributed by atoms with E-state index >= 15 is 0 Å². The zero-order valence-electron chi connectivity index (χ0n) is 23.8. The summed E-state index contributed by atoms with van der Waals surface area (Å²) in [4.78, 5) is 24.5. The van der Waals surface area contributed by atoms with E-state index in [1.165, 1.54) is 43.6 Å². The van der Waals surface area contributed by atoms with E-state index in [1.807, 2.05) is 65.4 Å². The molecule has 1 rings (SSSR count). The molecule has 0 aromatic heterocycles. The third kappa shape index (κ3) is 12.0. The molecule has 0 saturated heterocycles. The lowest BCUT2D eigenvalue weighted by molar-refractivity contribution is -0.141. The summed E-state index contributed by atoms with van der Waals surface area (Å²) >= 11 is 2.01. The number of aromatic hydroxyl groups is 1. The fourth-order valence-corrected chi connectivity index (χ4v) is 5.05. The van der Waals surface area contributed by atoms with Gasteiger partial charge in [-0.1, -0.05) is 99.1 Å². The first-order valence-electron chi connectivity index (χ1n) is 13.7. The van der Waals surface area contributed by atoms with Gasteiger partial charge in [-0.05, 0) is 51.9 Å². The number of carbonyl (C=O) groups excluding carboxylic acids is 1. The third-order valence-corrected chi connectivity index (χ3v) is 7.49. The molecule has 1 amide bonds. The number of hydrogen-bond acceptors (Lipinski definition) is 4. The number of benzene rings is 1. The number of unbranched alkanes of at least 4 members (excludes halogenated alkanes) is 7. The summed E-state index contributed by atoms with van der Waals surface area (Å²) in [7, 11) is 0. The Balaban J connectivity index is 2.61.